The summed E-state index contributed by atoms with van der Waals surface area (Å²) in [6.07, 6.45) is 0.638. The fourth-order valence-electron chi connectivity index (χ4n) is 1.33. The van der Waals surface area contributed by atoms with Crippen LogP contribution in [0.15, 0.2) is 30.3 Å². The van der Waals surface area contributed by atoms with E-state index in [4.69, 9.17) is 22.7 Å². The Kier molecular flexibility index (Phi) is 5.09. The van der Waals surface area contributed by atoms with Gasteiger partial charge in [0.05, 0.1) is 10.5 Å². The Balaban J connectivity index is 2.49. The van der Waals surface area contributed by atoms with Gasteiger partial charge in [-0.25, -0.2) is 0 Å². The zero-order chi connectivity index (χ0) is 13.6. The highest BCUT2D eigenvalue weighted by Crippen LogP contribution is 2.10. The van der Waals surface area contributed by atoms with Crippen molar-refractivity contribution >= 4 is 23.1 Å². The van der Waals surface area contributed by atoms with Crippen LogP contribution in [0.3, 0.4) is 0 Å². The maximum absolute atomic E-state index is 11.7. The molecule has 0 fully saturated rings. The van der Waals surface area contributed by atoms with Crippen molar-refractivity contribution in [1.29, 1.82) is 0 Å². The van der Waals surface area contributed by atoms with Crippen LogP contribution in [0.4, 0.5) is 0 Å². The molecule has 0 bridgehead atoms. The first-order chi connectivity index (χ1) is 8.48. The van der Waals surface area contributed by atoms with Crippen molar-refractivity contribution in [3.8, 4) is 5.75 Å². The second kappa shape index (κ2) is 6.35. The summed E-state index contributed by atoms with van der Waals surface area (Å²) in [7, 11) is 0. The highest BCUT2D eigenvalue weighted by atomic mass is 32.1. The lowest BCUT2D eigenvalue weighted by Crippen LogP contribution is -2.55. The van der Waals surface area contributed by atoms with Gasteiger partial charge in [-0.15, -0.1) is 0 Å². The van der Waals surface area contributed by atoms with Gasteiger partial charge in [0.2, 0.25) is 0 Å². The summed E-state index contributed by atoms with van der Waals surface area (Å²) in [6, 6.07) is 9.16. The maximum Gasteiger partial charge on any atom is 0.258 e. The number of nitrogens with two attached hydrogens (primary N) is 1. The Bertz CT molecular complexity index is 422. The van der Waals surface area contributed by atoms with Crippen LogP contribution < -0.4 is 15.8 Å². The van der Waals surface area contributed by atoms with Gasteiger partial charge in [0.25, 0.3) is 5.91 Å². The second-order valence-electron chi connectivity index (χ2n) is 4.20. The first kappa shape index (κ1) is 14.4. The standard InChI is InChI=1S/C13H18N2O2S/c1-3-13(2,12(14)18)15-11(16)9-17-10-7-5-4-6-8-10/h4-8H,3,9H2,1-2H3,(H2,14,18)(H,15,16). The molecule has 0 spiro atoms. The Labute approximate surface area is 113 Å². The number of para-hydroxylation sites is 1. The Hall–Kier alpha value is -1.62. The largest absolute Gasteiger partial charge is 0.484 e. The predicted octanol–water partition coefficient (Wildman–Crippen LogP) is 1.64. The van der Waals surface area contributed by atoms with Crippen LogP contribution in [0.1, 0.15) is 20.3 Å². The molecular weight excluding hydrogens is 248 g/mol. The number of hydrogen-bond acceptors (Lipinski definition) is 3. The summed E-state index contributed by atoms with van der Waals surface area (Å²) in [5.74, 6) is 0.414. The van der Waals surface area contributed by atoms with Gasteiger partial charge in [0.15, 0.2) is 6.61 Å². The normalized spacial score (nSPS) is 13.4. The summed E-state index contributed by atoms with van der Waals surface area (Å²) < 4.78 is 5.34. The molecule has 0 aliphatic rings. The van der Waals surface area contributed by atoms with Gasteiger partial charge in [-0.2, -0.15) is 0 Å². The molecule has 1 atom stereocenters. The minimum Gasteiger partial charge on any atom is -0.484 e. The summed E-state index contributed by atoms with van der Waals surface area (Å²) >= 11 is 4.95. The van der Waals surface area contributed by atoms with Gasteiger partial charge in [-0.05, 0) is 25.5 Å². The van der Waals surface area contributed by atoms with Crippen LogP contribution in [-0.4, -0.2) is 23.0 Å². The molecule has 0 saturated heterocycles. The molecule has 0 aromatic heterocycles. The van der Waals surface area contributed by atoms with Crippen LogP contribution in [-0.2, 0) is 4.79 Å². The molecule has 0 saturated carbocycles. The van der Waals surface area contributed by atoms with E-state index in [1.54, 1.807) is 19.1 Å². The average Bonchev–Trinajstić information content (AvgIpc) is 2.37. The van der Waals surface area contributed by atoms with E-state index in [1.165, 1.54) is 0 Å². The molecule has 5 heteroatoms. The van der Waals surface area contributed by atoms with E-state index in [1.807, 2.05) is 25.1 Å². The van der Waals surface area contributed by atoms with E-state index >= 15 is 0 Å². The monoisotopic (exact) mass is 266 g/mol. The van der Waals surface area contributed by atoms with E-state index in [9.17, 15) is 4.79 Å². The molecule has 0 radical (unpaired) electrons. The quantitative estimate of drug-likeness (QED) is 0.768. The van der Waals surface area contributed by atoms with Gasteiger partial charge in [0, 0.05) is 0 Å². The lowest BCUT2D eigenvalue weighted by atomic mass is 9.99. The molecule has 3 N–H and O–H groups in total. The zero-order valence-electron chi connectivity index (χ0n) is 10.6. The maximum atomic E-state index is 11.7. The first-order valence-corrected chi connectivity index (χ1v) is 6.17. The number of ether oxygens (including phenoxy) is 1. The lowest BCUT2D eigenvalue weighted by Gasteiger charge is -2.28. The van der Waals surface area contributed by atoms with Crippen molar-refractivity contribution in [2.45, 2.75) is 25.8 Å². The summed E-state index contributed by atoms with van der Waals surface area (Å²) in [6.45, 7) is 3.66. The molecule has 0 aliphatic heterocycles. The van der Waals surface area contributed by atoms with E-state index in [-0.39, 0.29) is 17.5 Å². The van der Waals surface area contributed by atoms with Crippen molar-refractivity contribution < 1.29 is 9.53 Å². The molecule has 1 unspecified atom stereocenters. The van der Waals surface area contributed by atoms with Crippen LogP contribution in [0.5, 0.6) is 5.75 Å². The number of amides is 1. The molecule has 1 aromatic carbocycles. The van der Waals surface area contributed by atoms with Gasteiger partial charge < -0.3 is 15.8 Å². The molecule has 18 heavy (non-hydrogen) atoms. The highest BCUT2D eigenvalue weighted by Gasteiger charge is 2.27. The number of rotatable bonds is 6. The zero-order valence-corrected chi connectivity index (χ0v) is 11.4. The van der Waals surface area contributed by atoms with Crippen molar-refractivity contribution in [3.05, 3.63) is 30.3 Å². The minimum absolute atomic E-state index is 0.0534. The van der Waals surface area contributed by atoms with E-state index in [2.05, 4.69) is 5.32 Å². The minimum atomic E-state index is -0.660. The van der Waals surface area contributed by atoms with Crippen molar-refractivity contribution in [2.24, 2.45) is 5.73 Å². The van der Waals surface area contributed by atoms with Gasteiger partial charge in [0.1, 0.15) is 5.75 Å². The number of hydrogen-bond donors (Lipinski definition) is 2. The van der Waals surface area contributed by atoms with Gasteiger partial charge >= 0.3 is 0 Å². The third-order valence-electron chi connectivity index (χ3n) is 2.78. The highest BCUT2D eigenvalue weighted by molar-refractivity contribution is 7.80. The topological polar surface area (TPSA) is 64.3 Å². The number of nitrogens with one attached hydrogen (secondary N) is 1. The van der Waals surface area contributed by atoms with E-state index in [0.717, 1.165) is 0 Å². The van der Waals surface area contributed by atoms with Crippen molar-refractivity contribution in [3.63, 3.8) is 0 Å². The number of benzene rings is 1. The Morgan fingerprint density at radius 2 is 2.06 bits per heavy atom. The van der Waals surface area contributed by atoms with Crippen molar-refractivity contribution in [1.82, 2.24) is 5.32 Å². The fourth-order valence-corrected chi connectivity index (χ4v) is 1.53. The van der Waals surface area contributed by atoms with Crippen LogP contribution in [0, 0.1) is 0 Å². The van der Waals surface area contributed by atoms with Crippen LogP contribution in [0.25, 0.3) is 0 Å². The molecule has 98 valence electrons. The summed E-state index contributed by atoms with van der Waals surface area (Å²) in [4.78, 5) is 12.0. The molecule has 1 rings (SSSR count). The lowest BCUT2D eigenvalue weighted by molar-refractivity contribution is -0.124. The smallest absolute Gasteiger partial charge is 0.258 e. The number of thiocarbonyl (C=S) groups is 1. The Morgan fingerprint density at radius 3 is 2.56 bits per heavy atom. The Morgan fingerprint density at radius 1 is 1.44 bits per heavy atom. The van der Waals surface area contributed by atoms with Gasteiger partial charge in [-0.3, -0.25) is 4.79 Å². The first-order valence-electron chi connectivity index (χ1n) is 5.76. The van der Waals surface area contributed by atoms with E-state index in [0.29, 0.717) is 12.2 Å². The third kappa shape index (κ3) is 4.00. The average molecular weight is 266 g/mol. The predicted molar refractivity (Wildman–Crippen MR) is 75.6 cm³/mol. The molecule has 0 aliphatic carbocycles. The number of carbonyl (C=O) groups is 1. The molecular formula is C13H18N2O2S. The van der Waals surface area contributed by atoms with Crippen LogP contribution >= 0.6 is 12.2 Å². The van der Waals surface area contributed by atoms with E-state index < -0.39 is 5.54 Å². The SMILES string of the molecule is CCC(C)(NC(=O)COc1ccccc1)C(N)=S. The van der Waals surface area contributed by atoms with Crippen molar-refractivity contribution in [2.75, 3.05) is 6.61 Å². The summed E-state index contributed by atoms with van der Waals surface area (Å²) in [5.41, 5.74) is 4.95. The molecule has 1 aromatic rings. The molecule has 1 amide bonds. The fraction of sp³-hybridized carbons (Fsp3) is 0.385. The second-order valence-corrected chi connectivity index (χ2v) is 4.64. The summed E-state index contributed by atoms with van der Waals surface area (Å²) in [5, 5.41) is 2.78. The van der Waals surface area contributed by atoms with Crippen LogP contribution in [0.2, 0.25) is 0 Å². The number of carbonyl (C=O) groups excluding carboxylic acids is 1. The van der Waals surface area contributed by atoms with Gasteiger partial charge in [-0.1, -0.05) is 37.3 Å². The molecule has 4 nitrogen and oxygen atoms in total. The third-order valence-corrected chi connectivity index (χ3v) is 3.23. The molecule has 0 heterocycles.